The average Bonchev–Trinajstić information content (AvgIpc) is 3.39. The van der Waals surface area contributed by atoms with E-state index in [0.29, 0.717) is 35.5 Å². The number of halogens is 3. The summed E-state index contributed by atoms with van der Waals surface area (Å²) < 4.78 is 1.52. The van der Waals surface area contributed by atoms with Gasteiger partial charge in [0.1, 0.15) is 0 Å². The first-order chi connectivity index (χ1) is 22.1. The van der Waals surface area contributed by atoms with Crippen LogP contribution in [0, 0.1) is 0 Å². The molecule has 0 aliphatic heterocycles. The Labute approximate surface area is 338 Å². The van der Waals surface area contributed by atoms with Gasteiger partial charge in [0, 0.05) is 0 Å². The van der Waals surface area contributed by atoms with Crippen molar-refractivity contribution in [1.29, 1.82) is 0 Å². The summed E-state index contributed by atoms with van der Waals surface area (Å²) in [5.41, 5.74) is 10.5. The summed E-state index contributed by atoms with van der Waals surface area (Å²) in [5.74, 6) is 2.82. The van der Waals surface area contributed by atoms with Gasteiger partial charge in [0.05, 0.1) is 0 Å². The molecule has 0 saturated carbocycles. The smallest absolute Gasteiger partial charge is 1.00 e. The van der Waals surface area contributed by atoms with E-state index in [0.717, 1.165) is 6.42 Å². The van der Waals surface area contributed by atoms with Crippen molar-refractivity contribution in [2.45, 2.75) is 151 Å². The van der Waals surface area contributed by atoms with Gasteiger partial charge in [-0.2, -0.15) is 0 Å². The van der Waals surface area contributed by atoms with Crippen LogP contribution >= 0.6 is 0 Å². The molecule has 0 atom stereocenters. The SMILES string of the molecule is CCCCC1=C([Si](c2cc(C(C)C)cc(C(C)C)c2)(c2cc(C(C)C)cc(C(C)C)c2)c2cc(C(C)C)cc(C(C)C)c2)CC=[C]1[Ti+3].[Cl-].[Cl-].[Cl-]. The fraction of sp³-hybridized carbons (Fsp3) is 0.511. The topological polar surface area (TPSA) is 0 Å². The third-order valence-corrected chi connectivity index (χ3v) is 16.3. The second-order valence-corrected chi connectivity index (χ2v) is 20.9. The predicted octanol–water partition coefficient (Wildman–Crippen LogP) is 2.77. The largest absolute Gasteiger partial charge is 1.00 e. The van der Waals surface area contributed by atoms with Gasteiger partial charge in [0.2, 0.25) is 0 Å². The summed E-state index contributed by atoms with van der Waals surface area (Å²) in [7, 11) is -2.78. The molecule has 0 heterocycles. The third kappa shape index (κ3) is 9.92. The van der Waals surface area contributed by atoms with Crippen LogP contribution in [0.2, 0.25) is 0 Å². The molecule has 0 nitrogen and oxygen atoms in total. The maximum absolute atomic E-state index is 2.78. The van der Waals surface area contributed by atoms with E-state index in [1.54, 1.807) is 26.3 Å². The Morgan fingerprint density at radius 1 is 0.500 bits per heavy atom. The van der Waals surface area contributed by atoms with Crippen LogP contribution in [-0.2, 0) is 20.4 Å². The van der Waals surface area contributed by atoms with Crippen molar-refractivity contribution >= 4 is 23.6 Å². The zero-order chi connectivity index (χ0) is 34.8. The van der Waals surface area contributed by atoms with E-state index in [1.807, 2.05) is 0 Å². The van der Waals surface area contributed by atoms with Crippen molar-refractivity contribution in [2.24, 2.45) is 0 Å². The van der Waals surface area contributed by atoms with Crippen LogP contribution in [-0.4, -0.2) is 8.07 Å². The number of allylic oxidation sites excluding steroid dienone is 4. The van der Waals surface area contributed by atoms with Crippen molar-refractivity contribution in [3.05, 3.63) is 109 Å². The second-order valence-electron chi connectivity index (χ2n) is 16.2. The van der Waals surface area contributed by atoms with Crippen LogP contribution in [0.1, 0.15) is 185 Å². The van der Waals surface area contributed by atoms with Gasteiger partial charge in [-0.1, -0.05) is 0 Å². The molecular weight excluding hydrogens is 723 g/mol. The number of hydrogen-bond donors (Lipinski definition) is 0. The normalized spacial score (nSPS) is 13.4. The minimum atomic E-state index is -2.78. The number of rotatable bonds is 13. The van der Waals surface area contributed by atoms with E-state index in [9.17, 15) is 0 Å². The van der Waals surface area contributed by atoms with Crippen LogP contribution in [0.5, 0.6) is 0 Å². The molecule has 3 aromatic carbocycles. The molecule has 0 spiro atoms. The molecular formula is C45H63Cl3SiTi. The Balaban J connectivity index is 0.00000417. The van der Waals surface area contributed by atoms with Gasteiger partial charge in [-0.3, -0.25) is 0 Å². The molecule has 0 radical (unpaired) electrons. The summed E-state index contributed by atoms with van der Waals surface area (Å²) in [6.07, 6.45) is 7.27. The minimum absolute atomic E-state index is 0. The van der Waals surface area contributed by atoms with Gasteiger partial charge in [0.25, 0.3) is 0 Å². The molecule has 1 aliphatic rings. The Hall–Kier alpha value is -1.06. The van der Waals surface area contributed by atoms with Crippen LogP contribution < -0.4 is 52.8 Å². The summed E-state index contributed by atoms with van der Waals surface area (Å²) in [6.45, 7) is 30.9. The molecule has 4 rings (SSSR count). The molecule has 0 saturated heterocycles. The summed E-state index contributed by atoms with van der Waals surface area (Å²) in [4.78, 5) is 0. The fourth-order valence-corrected chi connectivity index (χ4v) is 13.6. The van der Waals surface area contributed by atoms with Gasteiger partial charge in [-0.05, 0) is 0 Å². The predicted molar refractivity (Wildman–Crippen MR) is 208 cm³/mol. The van der Waals surface area contributed by atoms with E-state index in [-0.39, 0.29) is 37.2 Å². The number of benzene rings is 3. The Morgan fingerprint density at radius 3 is 1.02 bits per heavy atom. The van der Waals surface area contributed by atoms with Crippen molar-refractivity contribution in [1.82, 2.24) is 0 Å². The Bertz CT molecular complexity index is 1390. The number of unbranched alkanes of at least 4 members (excludes halogenated alkanes) is 1. The molecule has 0 fully saturated rings. The summed E-state index contributed by atoms with van der Waals surface area (Å²) in [5, 5.41) is 6.51. The molecule has 0 amide bonds. The quantitative estimate of drug-likeness (QED) is 0.185. The fourth-order valence-electron chi connectivity index (χ4n) is 7.33. The Kier molecular flexibility index (Phi) is 18.6. The van der Waals surface area contributed by atoms with Crippen LogP contribution in [0.25, 0.3) is 0 Å². The van der Waals surface area contributed by atoms with E-state index >= 15 is 0 Å². The molecule has 5 heteroatoms. The van der Waals surface area contributed by atoms with Crippen molar-refractivity contribution in [2.75, 3.05) is 0 Å². The molecule has 0 bridgehead atoms. The molecule has 0 aromatic heterocycles. The first-order valence-electron chi connectivity index (χ1n) is 18.7. The summed E-state index contributed by atoms with van der Waals surface area (Å²) >= 11 is 2.40. The van der Waals surface area contributed by atoms with E-state index in [4.69, 9.17) is 0 Å². The number of hydrogen-bond acceptors (Lipinski definition) is 0. The maximum Gasteiger partial charge on any atom is -1.00 e. The van der Waals surface area contributed by atoms with Crippen LogP contribution in [0.3, 0.4) is 0 Å². The first kappa shape index (κ1) is 47.0. The second kappa shape index (κ2) is 19.9. The van der Waals surface area contributed by atoms with Crippen molar-refractivity contribution in [3.63, 3.8) is 0 Å². The van der Waals surface area contributed by atoms with Gasteiger partial charge in [-0.25, -0.2) is 0 Å². The molecule has 3 aromatic rings. The molecule has 0 N–H and O–H groups in total. The van der Waals surface area contributed by atoms with E-state index < -0.39 is 8.07 Å². The van der Waals surface area contributed by atoms with E-state index in [1.165, 1.54) is 56.5 Å². The average molecular weight is 786 g/mol. The van der Waals surface area contributed by atoms with Gasteiger partial charge < -0.3 is 37.2 Å². The zero-order valence-corrected chi connectivity index (χ0v) is 38.0. The van der Waals surface area contributed by atoms with Crippen LogP contribution in [0.4, 0.5) is 0 Å². The zero-order valence-electron chi connectivity index (χ0n) is 33.2. The Morgan fingerprint density at radius 2 is 0.780 bits per heavy atom. The monoisotopic (exact) mass is 784 g/mol. The van der Waals surface area contributed by atoms with Gasteiger partial charge in [-0.15, -0.1) is 0 Å². The third-order valence-electron chi connectivity index (χ3n) is 10.7. The molecule has 272 valence electrons. The van der Waals surface area contributed by atoms with Gasteiger partial charge in [0.15, 0.2) is 0 Å². The molecule has 1 aliphatic carbocycles. The summed E-state index contributed by atoms with van der Waals surface area (Å²) in [6, 6.07) is 23.5. The van der Waals surface area contributed by atoms with Gasteiger partial charge >= 0.3 is 304 Å². The van der Waals surface area contributed by atoms with Crippen molar-refractivity contribution < 1.29 is 57.7 Å². The van der Waals surface area contributed by atoms with Crippen LogP contribution in [0.15, 0.2) is 75.3 Å². The standard InChI is InChI=1S/C45H63Si.3ClH.Ti/c1-14-15-17-35-18-16-19-45(35)46(42-23-36(29(2)3)20-37(24-42)30(4)5,43-25-38(31(6)7)21-39(26-43)32(8)9)44-27-40(33(10)11)22-41(28-44)34(12)13;;;;/h16,20-34H,14-15,17,19H2,1-13H3;3*1H;/q;;;;+3/p-3. The first-order valence-corrected chi connectivity index (χ1v) is 21.5. The van der Waals surface area contributed by atoms with Crippen molar-refractivity contribution in [3.8, 4) is 0 Å². The molecule has 0 unspecified atom stereocenters. The maximum atomic E-state index is 2.66. The van der Waals surface area contributed by atoms with E-state index in [2.05, 4.69) is 171 Å². The molecule has 50 heavy (non-hydrogen) atoms. The minimum Gasteiger partial charge on any atom is -1.00 e.